The molecule has 2 fully saturated rings. The van der Waals surface area contributed by atoms with Crippen LogP contribution in [0.15, 0.2) is 18.2 Å². The lowest BCUT2D eigenvalue weighted by Crippen LogP contribution is -2.48. The van der Waals surface area contributed by atoms with Crippen LogP contribution in [0.4, 0.5) is 24.5 Å². The Kier molecular flexibility index (Phi) is 5.72. The Morgan fingerprint density at radius 3 is 2.44 bits per heavy atom. The fourth-order valence-electron chi connectivity index (χ4n) is 4.88. The summed E-state index contributed by atoms with van der Waals surface area (Å²) >= 11 is 0. The van der Waals surface area contributed by atoms with Crippen molar-refractivity contribution in [1.82, 2.24) is 0 Å². The van der Waals surface area contributed by atoms with Crippen LogP contribution < -0.4 is 10.2 Å². The molecular formula is C22H23F3N2O5. The molecule has 1 aromatic rings. The topological polar surface area (TPSA) is 92.8 Å². The van der Waals surface area contributed by atoms with Crippen molar-refractivity contribution in [3.63, 3.8) is 0 Å². The van der Waals surface area contributed by atoms with Gasteiger partial charge in [0.15, 0.2) is 6.10 Å². The van der Waals surface area contributed by atoms with Crippen LogP contribution in [0.1, 0.15) is 44.6 Å². The lowest BCUT2D eigenvalue weighted by atomic mass is 9.67. The maximum atomic E-state index is 13.0. The molecule has 2 saturated carbocycles. The molecule has 4 rings (SSSR count). The van der Waals surface area contributed by atoms with Gasteiger partial charge in [-0.2, -0.15) is 13.2 Å². The minimum atomic E-state index is -4.60. The quantitative estimate of drug-likeness (QED) is 0.711. The molecular weight excluding hydrogens is 429 g/mol. The van der Waals surface area contributed by atoms with Crippen molar-refractivity contribution in [2.75, 3.05) is 16.8 Å². The van der Waals surface area contributed by atoms with E-state index in [4.69, 9.17) is 4.74 Å². The summed E-state index contributed by atoms with van der Waals surface area (Å²) in [6.07, 6.45) is -2.55. The molecule has 1 aliphatic heterocycles. The zero-order chi connectivity index (χ0) is 23.2. The third-order valence-electron chi connectivity index (χ3n) is 6.48. The summed E-state index contributed by atoms with van der Waals surface area (Å²) in [6, 6.07) is 2.70. The van der Waals surface area contributed by atoms with Crippen LogP contribution in [-0.2, 0) is 30.1 Å². The van der Waals surface area contributed by atoms with Crippen LogP contribution in [0.25, 0.3) is 0 Å². The summed E-state index contributed by atoms with van der Waals surface area (Å²) < 4.78 is 44.4. The zero-order valence-electron chi connectivity index (χ0n) is 17.4. The van der Waals surface area contributed by atoms with E-state index in [-0.39, 0.29) is 29.0 Å². The fraction of sp³-hybridized carbons (Fsp3) is 0.545. The first-order chi connectivity index (χ1) is 15.0. The number of anilines is 2. The van der Waals surface area contributed by atoms with E-state index in [0.717, 1.165) is 42.4 Å². The van der Waals surface area contributed by atoms with Gasteiger partial charge in [-0.05, 0) is 50.8 Å². The van der Waals surface area contributed by atoms with E-state index in [1.807, 2.05) is 0 Å². The molecule has 0 spiro atoms. The average Bonchev–Trinajstić information content (AvgIpc) is 2.71. The average molecular weight is 452 g/mol. The Hall–Kier alpha value is -2.91. The van der Waals surface area contributed by atoms with E-state index in [9.17, 15) is 32.3 Å². The van der Waals surface area contributed by atoms with E-state index in [2.05, 4.69) is 5.32 Å². The zero-order valence-corrected chi connectivity index (χ0v) is 17.4. The van der Waals surface area contributed by atoms with Crippen LogP contribution in [0.3, 0.4) is 0 Å². The molecule has 7 nitrogen and oxygen atoms in total. The fourth-order valence-corrected chi connectivity index (χ4v) is 4.88. The molecule has 0 saturated heterocycles. The van der Waals surface area contributed by atoms with Gasteiger partial charge in [-0.1, -0.05) is 6.42 Å². The third kappa shape index (κ3) is 4.22. The first-order valence-corrected chi connectivity index (χ1v) is 10.6. The number of amides is 2. The van der Waals surface area contributed by atoms with Crippen molar-refractivity contribution in [2.45, 2.75) is 51.3 Å². The minimum Gasteiger partial charge on any atom is -0.452 e. The van der Waals surface area contributed by atoms with Crippen molar-refractivity contribution >= 4 is 34.9 Å². The Morgan fingerprint density at radius 2 is 1.81 bits per heavy atom. The predicted molar refractivity (Wildman–Crippen MR) is 107 cm³/mol. The number of nitrogens with zero attached hydrogens (tertiary/aromatic N) is 1. The molecule has 1 aromatic carbocycles. The van der Waals surface area contributed by atoms with E-state index < -0.39 is 48.1 Å². The highest BCUT2D eigenvalue weighted by molar-refractivity contribution is 6.11. The smallest absolute Gasteiger partial charge is 0.416 e. The second-order valence-corrected chi connectivity index (χ2v) is 8.68. The molecule has 2 amide bonds. The highest BCUT2D eigenvalue weighted by Gasteiger charge is 2.43. The van der Waals surface area contributed by atoms with Crippen LogP contribution >= 0.6 is 0 Å². The number of alkyl halides is 3. The molecule has 10 heteroatoms. The second kappa shape index (κ2) is 8.22. The maximum Gasteiger partial charge on any atom is 0.416 e. The number of halogens is 3. The van der Waals surface area contributed by atoms with E-state index >= 15 is 0 Å². The number of nitrogens with one attached hydrogen (secondary N) is 1. The van der Waals surface area contributed by atoms with Crippen molar-refractivity contribution in [3.8, 4) is 0 Å². The Bertz CT molecular complexity index is 961. The van der Waals surface area contributed by atoms with E-state index in [0.29, 0.717) is 12.8 Å². The van der Waals surface area contributed by atoms with Gasteiger partial charge >= 0.3 is 12.1 Å². The summed E-state index contributed by atoms with van der Waals surface area (Å²) in [4.78, 5) is 50.9. The number of hydrogen-bond acceptors (Lipinski definition) is 5. The number of Topliss-reactive ketones (excluding diaryl/α,β-unsaturated/α-hetero) is 1. The summed E-state index contributed by atoms with van der Waals surface area (Å²) in [5, 5.41) is 2.34. The number of ketones is 1. The first-order valence-electron chi connectivity index (χ1n) is 10.6. The molecule has 4 atom stereocenters. The summed E-state index contributed by atoms with van der Waals surface area (Å²) in [6.45, 7) is 0.965. The van der Waals surface area contributed by atoms with Crippen molar-refractivity contribution < 1.29 is 37.1 Å². The molecule has 3 aliphatic rings. The number of ether oxygens (including phenoxy) is 1. The number of carbonyl (C=O) groups is 4. The van der Waals surface area contributed by atoms with Gasteiger partial charge < -0.3 is 10.1 Å². The molecule has 0 aromatic heterocycles. The van der Waals surface area contributed by atoms with Gasteiger partial charge in [0, 0.05) is 11.8 Å². The molecule has 32 heavy (non-hydrogen) atoms. The van der Waals surface area contributed by atoms with Crippen molar-refractivity contribution in [1.29, 1.82) is 0 Å². The molecule has 172 valence electrons. The number of rotatable bonds is 3. The van der Waals surface area contributed by atoms with Gasteiger partial charge in [-0.25, -0.2) is 0 Å². The molecule has 1 heterocycles. The van der Waals surface area contributed by atoms with Gasteiger partial charge in [0.25, 0.3) is 5.91 Å². The summed E-state index contributed by atoms with van der Waals surface area (Å²) in [5.74, 6) is -2.48. The summed E-state index contributed by atoms with van der Waals surface area (Å²) in [5.41, 5.74) is -0.993. The van der Waals surface area contributed by atoms with Gasteiger partial charge in [0.1, 0.15) is 12.3 Å². The van der Waals surface area contributed by atoms with Crippen LogP contribution in [0.2, 0.25) is 0 Å². The molecule has 0 radical (unpaired) electrons. The van der Waals surface area contributed by atoms with Crippen molar-refractivity contribution in [3.05, 3.63) is 23.8 Å². The monoisotopic (exact) mass is 452 g/mol. The molecule has 2 bridgehead atoms. The first kappa shape index (κ1) is 22.3. The Morgan fingerprint density at radius 1 is 1.16 bits per heavy atom. The van der Waals surface area contributed by atoms with Crippen LogP contribution in [0.5, 0.6) is 0 Å². The molecule has 1 unspecified atom stereocenters. The molecule has 2 aliphatic carbocycles. The number of esters is 1. The van der Waals surface area contributed by atoms with Gasteiger partial charge in [0.2, 0.25) is 5.91 Å². The van der Waals surface area contributed by atoms with Gasteiger partial charge in [0.05, 0.1) is 22.9 Å². The largest absolute Gasteiger partial charge is 0.452 e. The van der Waals surface area contributed by atoms with Crippen LogP contribution in [0, 0.1) is 17.8 Å². The molecule has 1 N–H and O–H groups in total. The highest BCUT2D eigenvalue weighted by Crippen LogP contribution is 2.41. The maximum absolute atomic E-state index is 13.0. The normalized spacial score (nSPS) is 26.1. The van der Waals surface area contributed by atoms with Gasteiger partial charge in [-0.3, -0.25) is 24.1 Å². The highest BCUT2D eigenvalue weighted by atomic mass is 19.4. The number of fused-ring (bicyclic) bond motifs is 3. The Balaban J connectivity index is 1.47. The van der Waals surface area contributed by atoms with Crippen LogP contribution in [-0.4, -0.2) is 36.2 Å². The number of carbonyl (C=O) groups excluding carboxylic acids is 4. The van der Waals surface area contributed by atoms with Gasteiger partial charge in [-0.15, -0.1) is 0 Å². The predicted octanol–water partition coefficient (Wildman–Crippen LogP) is 3.32. The van der Waals surface area contributed by atoms with E-state index in [1.165, 1.54) is 6.92 Å². The number of benzene rings is 1. The lowest BCUT2D eigenvalue weighted by Gasteiger charge is -2.37. The second-order valence-electron chi connectivity index (χ2n) is 8.68. The van der Waals surface area contributed by atoms with E-state index in [1.54, 1.807) is 0 Å². The minimum absolute atomic E-state index is 0.100. The number of hydrogen-bond donors (Lipinski definition) is 1. The standard InChI is InChI=1S/C22H23F3N2O5/c1-11(32-21(31)14-7-12-3-2-4-13(8-14)19(12)29)20(30)27-10-18(28)26-16-9-15(22(23,24)25)5-6-17(16)27/h5-6,9,11-14H,2-4,7-8,10H2,1H3,(H,26,28)/t11-,12-,13+,14?/m0/s1. The third-order valence-corrected chi connectivity index (χ3v) is 6.48. The SMILES string of the molecule is C[C@H](OC(=O)C1C[C@H]2CCC[C@@H](C1)C2=O)C(=O)N1CC(=O)Nc2cc(C(F)(F)F)ccc21. The summed E-state index contributed by atoms with van der Waals surface area (Å²) in [7, 11) is 0. The Labute approximate surface area is 182 Å². The lowest BCUT2D eigenvalue weighted by molar-refractivity contribution is -0.161. The van der Waals surface area contributed by atoms with Crippen molar-refractivity contribution in [2.24, 2.45) is 17.8 Å².